The summed E-state index contributed by atoms with van der Waals surface area (Å²) in [6, 6.07) is 9.46. The zero-order chi connectivity index (χ0) is 24.0. The number of anilines is 1. The lowest BCUT2D eigenvalue weighted by atomic mass is 9.75. The SMILES string of the molecule is COC(=O)c1c(N2C(N)=C(C#N)C(c3ccc(Cl)cc3)C3=C2CCCC3=O)sc2c1CCCC2. The average Bonchev–Trinajstić information content (AvgIpc) is 3.22. The zero-order valence-corrected chi connectivity index (χ0v) is 20.4. The molecule has 1 aromatic carbocycles. The summed E-state index contributed by atoms with van der Waals surface area (Å²) in [4.78, 5) is 29.2. The Bertz CT molecular complexity index is 1300. The number of hydrogen-bond donors (Lipinski definition) is 1. The second kappa shape index (κ2) is 8.94. The molecule has 1 aliphatic heterocycles. The Morgan fingerprint density at radius 1 is 1.18 bits per heavy atom. The summed E-state index contributed by atoms with van der Waals surface area (Å²) < 4.78 is 5.16. The molecule has 1 aromatic heterocycles. The third-order valence-corrected chi connectivity index (χ3v) is 8.39. The molecule has 174 valence electrons. The van der Waals surface area contributed by atoms with Crippen LogP contribution in [-0.4, -0.2) is 18.9 Å². The number of ether oxygens (including phenoxy) is 1. The standard InChI is InChI=1S/C26H24ClN3O3S/c1-33-26(32)22-16-5-2-3-8-20(16)34-25(22)30-18-6-4-7-19(31)23(18)21(17(13-28)24(30)29)14-9-11-15(27)12-10-14/h9-12,21H,2-8,29H2,1H3. The van der Waals surface area contributed by atoms with E-state index < -0.39 is 11.9 Å². The number of nitrogens with zero attached hydrogens (tertiary/aromatic N) is 2. The Morgan fingerprint density at radius 2 is 1.91 bits per heavy atom. The summed E-state index contributed by atoms with van der Waals surface area (Å²) in [5.41, 5.74) is 10.7. The molecule has 8 heteroatoms. The highest BCUT2D eigenvalue weighted by molar-refractivity contribution is 7.16. The van der Waals surface area contributed by atoms with Gasteiger partial charge in [0.1, 0.15) is 10.8 Å². The van der Waals surface area contributed by atoms with Gasteiger partial charge in [0.2, 0.25) is 0 Å². The van der Waals surface area contributed by atoms with E-state index in [-0.39, 0.29) is 11.6 Å². The summed E-state index contributed by atoms with van der Waals surface area (Å²) in [6.07, 6.45) is 5.51. The topological polar surface area (TPSA) is 96.4 Å². The van der Waals surface area contributed by atoms with Crippen molar-refractivity contribution in [3.8, 4) is 6.07 Å². The summed E-state index contributed by atoms with van der Waals surface area (Å²) in [7, 11) is 1.38. The maximum Gasteiger partial charge on any atom is 0.341 e. The summed E-state index contributed by atoms with van der Waals surface area (Å²) in [5.74, 6) is -0.700. The van der Waals surface area contributed by atoms with Crippen LogP contribution in [0.2, 0.25) is 5.02 Å². The van der Waals surface area contributed by atoms with E-state index in [1.165, 1.54) is 18.4 Å². The summed E-state index contributed by atoms with van der Waals surface area (Å²) in [6.45, 7) is 0. The van der Waals surface area contributed by atoms with Gasteiger partial charge in [-0.25, -0.2) is 4.79 Å². The normalized spacial score (nSPS) is 20.1. The van der Waals surface area contributed by atoms with Crippen LogP contribution in [0.5, 0.6) is 0 Å². The van der Waals surface area contributed by atoms with Crippen LogP contribution in [0.1, 0.15) is 64.4 Å². The third-order valence-electron chi connectivity index (χ3n) is 6.86. The summed E-state index contributed by atoms with van der Waals surface area (Å²) >= 11 is 7.62. The number of allylic oxidation sites excluding steroid dienone is 3. The molecule has 2 aromatic rings. The molecule has 5 rings (SSSR count). The van der Waals surface area contributed by atoms with Gasteiger partial charge in [-0.3, -0.25) is 9.69 Å². The Morgan fingerprint density at radius 3 is 2.62 bits per heavy atom. The molecule has 0 saturated carbocycles. The highest BCUT2D eigenvalue weighted by Gasteiger charge is 2.42. The first-order valence-corrected chi connectivity index (χ1v) is 12.6. The second-order valence-corrected chi connectivity index (χ2v) is 10.3. The Kier molecular flexibility index (Phi) is 5.97. The number of carbonyl (C=O) groups excluding carboxylic acids is 2. The van der Waals surface area contributed by atoms with Crippen LogP contribution in [0.15, 0.2) is 46.9 Å². The predicted molar refractivity (Wildman–Crippen MR) is 132 cm³/mol. The molecule has 0 spiro atoms. The highest BCUT2D eigenvalue weighted by atomic mass is 35.5. The van der Waals surface area contributed by atoms with Gasteiger partial charge < -0.3 is 10.5 Å². The van der Waals surface area contributed by atoms with Gasteiger partial charge in [-0.15, -0.1) is 11.3 Å². The maximum absolute atomic E-state index is 13.3. The molecule has 2 N–H and O–H groups in total. The number of fused-ring (bicyclic) bond motifs is 1. The molecular weight excluding hydrogens is 470 g/mol. The lowest BCUT2D eigenvalue weighted by molar-refractivity contribution is -0.116. The smallest absolute Gasteiger partial charge is 0.341 e. The van der Waals surface area contributed by atoms with Gasteiger partial charge in [0.05, 0.1) is 30.2 Å². The van der Waals surface area contributed by atoms with Crippen LogP contribution < -0.4 is 10.6 Å². The number of Topliss-reactive ketones (excluding diaryl/α,β-unsaturated/α-hetero) is 1. The monoisotopic (exact) mass is 493 g/mol. The van der Waals surface area contributed by atoms with Gasteiger partial charge in [-0.05, 0) is 61.8 Å². The number of rotatable bonds is 3. The van der Waals surface area contributed by atoms with Crippen molar-refractivity contribution >= 4 is 39.7 Å². The summed E-state index contributed by atoms with van der Waals surface area (Å²) in [5, 5.41) is 11.4. The van der Waals surface area contributed by atoms with Crippen molar-refractivity contribution < 1.29 is 14.3 Å². The van der Waals surface area contributed by atoms with E-state index >= 15 is 0 Å². The van der Waals surface area contributed by atoms with Crippen LogP contribution in [0.4, 0.5) is 5.00 Å². The van der Waals surface area contributed by atoms with Crippen molar-refractivity contribution in [2.24, 2.45) is 5.73 Å². The number of hydrogen-bond acceptors (Lipinski definition) is 7. The number of halogens is 1. The molecule has 1 unspecified atom stereocenters. The number of carbonyl (C=O) groups is 2. The fourth-order valence-electron chi connectivity index (χ4n) is 5.33. The number of benzene rings is 1. The Balaban J connectivity index is 1.77. The zero-order valence-electron chi connectivity index (χ0n) is 18.8. The minimum absolute atomic E-state index is 0.00684. The molecule has 6 nitrogen and oxygen atoms in total. The number of esters is 1. The van der Waals surface area contributed by atoms with Crippen LogP contribution in [0.3, 0.4) is 0 Å². The van der Waals surface area contributed by atoms with E-state index in [2.05, 4.69) is 6.07 Å². The maximum atomic E-state index is 13.3. The molecular formula is C26H24ClN3O3S. The lowest BCUT2D eigenvalue weighted by Crippen LogP contribution is -2.39. The lowest BCUT2D eigenvalue weighted by Gasteiger charge is -2.39. The molecule has 0 radical (unpaired) electrons. The van der Waals surface area contributed by atoms with E-state index in [4.69, 9.17) is 22.1 Å². The fraction of sp³-hybridized carbons (Fsp3) is 0.346. The third kappa shape index (κ3) is 3.53. The molecule has 0 bridgehead atoms. The quantitative estimate of drug-likeness (QED) is 0.577. The fourth-order valence-corrected chi connectivity index (χ4v) is 6.87. The minimum atomic E-state index is -0.558. The average molecular weight is 494 g/mol. The van der Waals surface area contributed by atoms with E-state index in [9.17, 15) is 14.9 Å². The molecule has 1 atom stereocenters. The van der Waals surface area contributed by atoms with Gasteiger partial charge in [-0.1, -0.05) is 23.7 Å². The van der Waals surface area contributed by atoms with Crippen LogP contribution >= 0.6 is 22.9 Å². The van der Waals surface area contributed by atoms with Crippen molar-refractivity contribution in [2.45, 2.75) is 50.9 Å². The van der Waals surface area contributed by atoms with Crippen molar-refractivity contribution in [2.75, 3.05) is 12.0 Å². The molecule has 3 aliphatic rings. The van der Waals surface area contributed by atoms with Gasteiger partial charge in [-0.2, -0.15) is 5.26 Å². The van der Waals surface area contributed by atoms with E-state index in [0.29, 0.717) is 46.0 Å². The van der Waals surface area contributed by atoms with Crippen LogP contribution in [0, 0.1) is 11.3 Å². The van der Waals surface area contributed by atoms with Gasteiger partial charge in [0.25, 0.3) is 0 Å². The molecule has 2 heterocycles. The first-order chi connectivity index (χ1) is 16.5. The number of nitriles is 1. The van der Waals surface area contributed by atoms with Crippen LogP contribution in [0.25, 0.3) is 0 Å². The van der Waals surface area contributed by atoms with Crippen LogP contribution in [-0.2, 0) is 22.4 Å². The number of aryl methyl sites for hydroxylation is 1. The molecule has 0 saturated heterocycles. The van der Waals surface area contributed by atoms with E-state index in [1.54, 1.807) is 17.0 Å². The van der Waals surface area contributed by atoms with Crippen molar-refractivity contribution in [1.29, 1.82) is 5.26 Å². The second-order valence-electron chi connectivity index (χ2n) is 8.75. The van der Waals surface area contributed by atoms with Crippen molar-refractivity contribution in [1.82, 2.24) is 0 Å². The Labute approximate surface area is 207 Å². The first-order valence-electron chi connectivity index (χ1n) is 11.4. The molecule has 34 heavy (non-hydrogen) atoms. The highest BCUT2D eigenvalue weighted by Crippen LogP contribution is 2.50. The largest absolute Gasteiger partial charge is 0.465 e. The predicted octanol–water partition coefficient (Wildman–Crippen LogP) is 5.37. The van der Waals surface area contributed by atoms with E-state index in [0.717, 1.165) is 47.4 Å². The molecule has 2 aliphatic carbocycles. The van der Waals surface area contributed by atoms with Crippen molar-refractivity contribution in [3.05, 3.63) is 73.5 Å². The molecule has 0 amide bonds. The minimum Gasteiger partial charge on any atom is -0.465 e. The first kappa shape index (κ1) is 22.7. The van der Waals surface area contributed by atoms with Gasteiger partial charge in [0.15, 0.2) is 5.78 Å². The van der Waals surface area contributed by atoms with Gasteiger partial charge >= 0.3 is 5.97 Å². The molecule has 0 fully saturated rings. The van der Waals surface area contributed by atoms with Crippen molar-refractivity contribution in [3.63, 3.8) is 0 Å². The van der Waals surface area contributed by atoms with Gasteiger partial charge in [0, 0.05) is 27.6 Å². The Hall–Kier alpha value is -3.08. The number of nitrogens with two attached hydrogens (primary N) is 1. The number of thiophene rings is 1. The number of methoxy groups -OCH3 is 1. The van der Waals surface area contributed by atoms with E-state index in [1.807, 2.05) is 12.1 Å². The number of ketones is 1.